The van der Waals surface area contributed by atoms with Gasteiger partial charge in [0.15, 0.2) is 0 Å². The molecule has 2 aromatic carbocycles. The van der Waals surface area contributed by atoms with Crippen molar-refractivity contribution >= 4 is 17.5 Å². The van der Waals surface area contributed by atoms with Gasteiger partial charge >= 0.3 is 6.16 Å². The molecule has 8 aliphatic carbocycles. The van der Waals surface area contributed by atoms with Gasteiger partial charge in [-0.1, -0.05) is 0 Å². The van der Waals surface area contributed by atoms with Gasteiger partial charge in [-0.2, -0.15) is 0 Å². The highest BCUT2D eigenvalue weighted by molar-refractivity contribution is 5.69. The molecule has 8 fully saturated rings. The second kappa shape index (κ2) is 9.78. The maximum Gasteiger partial charge on any atom is 0.519 e. The molecule has 0 amide bonds. The van der Waals surface area contributed by atoms with Crippen LogP contribution in [-0.2, 0) is 0 Å². The summed E-state index contributed by atoms with van der Waals surface area (Å²) in [6.07, 6.45) is 10.7. The van der Waals surface area contributed by atoms with Crippen molar-refractivity contribution in [2.24, 2.45) is 47.3 Å². The van der Waals surface area contributed by atoms with Crippen molar-refractivity contribution in [2.45, 2.75) is 76.0 Å². The molecule has 8 aliphatic rings. The number of nitro benzene ring substituents is 2. The van der Waals surface area contributed by atoms with Crippen LogP contribution in [0.15, 0.2) is 36.4 Å². The van der Waals surface area contributed by atoms with Crippen LogP contribution in [0.3, 0.4) is 0 Å². The van der Waals surface area contributed by atoms with E-state index in [4.69, 9.17) is 9.47 Å². The van der Waals surface area contributed by atoms with Gasteiger partial charge in [-0.3, -0.25) is 20.2 Å². The molecule has 0 spiro atoms. The number of rotatable bonds is 6. The van der Waals surface area contributed by atoms with Crippen molar-refractivity contribution in [1.29, 1.82) is 0 Å². The Bertz CT molecular complexity index is 1310. The van der Waals surface area contributed by atoms with Gasteiger partial charge in [-0.25, -0.2) is 4.79 Å². The zero-order valence-corrected chi connectivity index (χ0v) is 23.6. The van der Waals surface area contributed by atoms with Crippen LogP contribution in [0.2, 0.25) is 0 Å². The van der Waals surface area contributed by atoms with Crippen LogP contribution in [0.5, 0.6) is 11.5 Å². The second-order valence-electron chi connectivity index (χ2n) is 14.3. The highest BCUT2D eigenvalue weighted by Gasteiger charge is 2.51. The third-order valence-corrected chi connectivity index (χ3v) is 12.0. The third kappa shape index (κ3) is 4.38. The standard InChI is InChI=1S/C33H36N2O7/c36-33(41-29-3-1-25(34(37)38)15-27(29)31-21-7-17-5-18(9-21)10-22(31)8-17)42-30-4-2-26(35(39)40)16-28(30)32-23-11-19-6-20(13-23)14-24(32)12-19/h1-4,15-24,31-32H,5-14H2. The van der Waals surface area contributed by atoms with E-state index in [0.29, 0.717) is 35.2 Å². The Balaban J connectivity index is 1.09. The lowest BCUT2D eigenvalue weighted by atomic mass is 9.50. The first-order chi connectivity index (χ1) is 20.3. The molecule has 10 rings (SSSR count). The number of non-ortho nitro benzene ring substituents is 2. The second-order valence-corrected chi connectivity index (χ2v) is 14.3. The number of hydrogen-bond acceptors (Lipinski definition) is 7. The van der Waals surface area contributed by atoms with Gasteiger partial charge < -0.3 is 9.47 Å². The Kier molecular flexibility index (Phi) is 6.09. The van der Waals surface area contributed by atoms with Crippen LogP contribution in [-0.4, -0.2) is 16.0 Å². The van der Waals surface area contributed by atoms with E-state index in [1.54, 1.807) is 12.1 Å². The van der Waals surface area contributed by atoms with Crippen molar-refractivity contribution in [1.82, 2.24) is 0 Å². The van der Waals surface area contributed by atoms with Crippen LogP contribution in [0.4, 0.5) is 16.2 Å². The Hall–Kier alpha value is -3.49. The van der Waals surface area contributed by atoms with E-state index >= 15 is 0 Å². The summed E-state index contributed by atoms with van der Waals surface area (Å²) in [7, 11) is 0. The molecular weight excluding hydrogens is 536 g/mol. The van der Waals surface area contributed by atoms with Gasteiger partial charge in [0.2, 0.25) is 0 Å². The van der Waals surface area contributed by atoms with Crippen molar-refractivity contribution in [3.05, 3.63) is 67.8 Å². The maximum atomic E-state index is 13.4. The van der Waals surface area contributed by atoms with E-state index in [1.807, 2.05) is 0 Å². The molecule has 0 atom stereocenters. The fourth-order valence-electron chi connectivity index (χ4n) is 11.1. The topological polar surface area (TPSA) is 122 Å². The molecule has 8 saturated carbocycles. The molecule has 2 aromatic rings. The summed E-state index contributed by atoms with van der Waals surface area (Å²) in [5.74, 6) is 5.63. The van der Waals surface area contributed by atoms with E-state index in [0.717, 1.165) is 86.2 Å². The van der Waals surface area contributed by atoms with Crippen LogP contribution in [0.25, 0.3) is 0 Å². The summed E-state index contributed by atoms with van der Waals surface area (Å²) in [5.41, 5.74) is 1.47. The van der Waals surface area contributed by atoms with Crippen molar-refractivity contribution in [3.8, 4) is 11.5 Å². The number of carbonyl (C=O) groups excluding carboxylic acids is 1. The summed E-state index contributed by atoms with van der Waals surface area (Å²) in [4.78, 5) is 36.0. The molecule has 0 N–H and O–H groups in total. The van der Waals surface area contributed by atoms with Gasteiger partial charge in [0.25, 0.3) is 11.4 Å². The number of benzene rings is 2. The zero-order chi connectivity index (χ0) is 28.7. The molecule has 0 unspecified atom stereocenters. The number of nitro groups is 2. The van der Waals surface area contributed by atoms with Crippen molar-refractivity contribution in [3.63, 3.8) is 0 Å². The smallest absolute Gasteiger partial charge is 0.394 e. The molecule has 0 heterocycles. The van der Waals surface area contributed by atoms with Gasteiger partial charge in [0.1, 0.15) is 11.5 Å². The van der Waals surface area contributed by atoms with Crippen molar-refractivity contribution < 1.29 is 24.1 Å². The van der Waals surface area contributed by atoms with Crippen LogP contribution in [0, 0.1) is 67.6 Å². The predicted octanol–water partition coefficient (Wildman–Crippen LogP) is 8.16. The fourth-order valence-corrected chi connectivity index (χ4v) is 11.1. The molecule has 8 bridgehead atoms. The molecule has 9 nitrogen and oxygen atoms in total. The minimum absolute atomic E-state index is 0.000865. The minimum Gasteiger partial charge on any atom is -0.394 e. The molecule has 0 radical (unpaired) electrons. The molecule has 0 aromatic heterocycles. The molecular formula is C33H36N2O7. The van der Waals surface area contributed by atoms with Gasteiger partial charge in [-0.15, -0.1) is 0 Å². The molecule has 9 heteroatoms. The Morgan fingerprint density at radius 1 is 0.571 bits per heavy atom. The van der Waals surface area contributed by atoms with E-state index in [-0.39, 0.29) is 23.2 Å². The van der Waals surface area contributed by atoms with Gasteiger partial charge in [0, 0.05) is 35.4 Å². The molecule has 0 saturated heterocycles. The highest BCUT2D eigenvalue weighted by atomic mass is 16.7. The number of carbonyl (C=O) groups is 1. The molecule has 42 heavy (non-hydrogen) atoms. The maximum absolute atomic E-state index is 13.4. The largest absolute Gasteiger partial charge is 0.519 e. The Morgan fingerprint density at radius 3 is 1.21 bits per heavy atom. The van der Waals surface area contributed by atoms with Crippen molar-refractivity contribution in [2.75, 3.05) is 0 Å². The number of hydrogen-bond donors (Lipinski definition) is 0. The highest BCUT2D eigenvalue weighted by Crippen LogP contribution is 2.62. The number of nitrogens with zero attached hydrogens (tertiary/aromatic N) is 2. The van der Waals surface area contributed by atoms with Gasteiger partial charge in [0.05, 0.1) is 9.85 Å². The SMILES string of the molecule is O=C(Oc1ccc([N+](=O)[O-])cc1C1C2CC3CC(C2)CC1C3)Oc1ccc([N+](=O)[O-])cc1C1C2CC3CC(C2)CC1C3. The zero-order valence-electron chi connectivity index (χ0n) is 23.6. The summed E-state index contributed by atoms with van der Waals surface area (Å²) in [6.45, 7) is 0. The lowest BCUT2D eigenvalue weighted by Crippen LogP contribution is -2.44. The summed E-state index contributed by atoms with van der Waals surface area (Å²) >= 11 is 0. The average Bonchev–Trinajstić information content (AvgIpc) is 2.93. The Morgan fingerprint density at radius 2 is 0.905 bits per heavy atom. The fraction of sp³-hybridized carbons (Fsp3) is 0.606. The quantitative estimate of drug-likeness (QED) is 0.148. The average molecular weight is 573 g/mol. The van der Waals surface area contributed by atoms with Crippen LogP contribution < -0.4 is 9.47 Å². The first-order valence-corrected chi connectivity index (χ1v) is 15.7. The summed E-state index contributed by atoms with van der Waals surface area (Å²) in [6, 6.07) is 9.04. The lowest BCUT2D eigenvalue weighted by Gasteiger charge is -2.54. The van der Waals surface area contributed by atoms with E-state index in [2.05, 4.69) is 0 Å². The lowest BCUT2D eigenvalue weighted by molar-refractivity contribution is -0.385. The molecule has 0 aliphatic heterocycles. The van der Waals surface area contributed by atoms with E-state index in [9.17, 15) is 25.0 Å². The van der Waals surface area contributed by atoms with Crippen LogP contribution in [0.1, 0.15) is 87.2 Å². The van der Waals surface area contributed by atoms with E-state index in [1.165, 1.54) is 37.1 Å². The van der Waals surface area contributed by atoms with E-state index < -0.39 is 16.0 Å². The predicted molar refractivity (Wildman–Crippen MR) is 152 cm³/mol. The normalized spacial score (nSPS) is 37.0. The first kappa shape index (κ1) is 26.2. The Labute approximate surface area is 244 Å². The number of ether oxygens (including phenoxy) is 2. The first-order valence-electron chi connectivity index (χ1n) is 15.7. The van der Waals surface area contributed by atoms with Gasteiger partial charge in [-0.05, 0) is 136 Å². The molecule has 220 valence electrons. The van der Waals surface area contributed by atoms with Crippen LogP contribution >= 0.6 is 0 Å². The minimum atomic E-state index is -0.909. The monoisotopic (exact) mass is 572 g/mol. The summed E-state index contributed by atoms with van der Waals surface area (Å²) < 4.78 is 11.7. The summed E-state index contributed by atoms with van der Waals surface area (Å²) in [5, 5.41) is 23.4. The third-order valence-electron chi connectivity index (χ3n) is 12.0.